The molecule has 0 aliphatic carbocycles. The number of halogens is 3. The Balaban J connectivity index is 1.97. The van der Waals surface area contributed by atoms with E-state index in [1.807, 2.05) is 6.92 Å². The Bertz CT molecular complexity index is 1010. The molecule has 0 saturated heterocycles. The van der Waals surface area contributed by atoms with Crippen LogP contribution in [0.15, 0.2) is 47.5 Å². The van der Waals surface area contributed by atoms with Crippen molar-refractivity contribution in [3.05, 3.63) is 69.6 Å². The average molecular weight is 347 g/mol. The number of fused-ring (bicyclic) bond motifs is 1. The van der Waals surface area contributed by atoms with Crippen LogP contribution < -0.4 is 10.7 Å². The van der Waals surface area contributed by atoms with Gasteiger partial charge in [0.05, 0.1) is 5.56 Å². The molecule has 128 valence electrons. The zero-order valence-electron chi connectivity index (χ0n) is 12.9. The second-order valence-electron chi connectivity index (χ2n) is 5.46. The molecule has 0 aliphatic heterocycles. The van der Waals surface area contributed by atoms with Crippen LogP contribution >= 0.6 is 0 Å². The van der Waals surface area contributed by atoms with E-state index in [2.05, 4.69) is 15.3 Å². The quantitative estimate of drug-likeness (QED) is 0.745. The van der Waals surface area contributed by atoms with Gasteiger partial charge in [0.2, 0.25) is 5.43 Å². The molecule has 0 atom stereocenters. The fraction of sp³-hybridized carbons (Fsp3) is 0.118. The normalized spacial score (nSPS) is 11.5. The molecule has 8 heteroatoms. The van der Waals surface area contributed by atoms with Crippen molar-refractivity contribution in [2.45, 2.75) is 13.1 Å². The number of carbonyl (C=O) groups is 1. The van der Waals surface area contributed by atoms with Crippen LogP contribution in [0.2, 0.25) is 0 Å². The summed E-state index contributed by atoms with van der Waals surface area (Å²) in [6.07, 6.45) is -1.87. The minimum Gasteiger partial charge on any atom is -0.360 e. The molecule has 2 aromatic heterocycles. The number of alkyl halides is 3. The van der Waals surface area contributed by atoms with E-state index in [1.54, 1.807) is 18.3 Å². The molecule has 0 bridgehead atoms. The Morgan fingerprint density at radius 3 is 2.60 bits per heavy atom. The molecule has 1 amide bonds. The van der Waals surface area contributed by atoms with Crippen molar-refractivity contribution in [2.75, 3.05) is 5.32 Å². The SMILES string of the molecule is Cc1ccc(NC(=O)c2c[nH]c3cc(C(F)(F)F)ccc3c2=O)nc1. The molecule has 3 rings (SSSR count). The van der Waals surface area contributed by atoms with Crippen LogP contribution in [0.5, 0.6) is 0 Å². The first-order chi connectivity index (χ1) is 11.8. The van der Waals surface area contributed by atoms with Crippen molar-refractivity contribution in [3.8, 4) is 0 Å². The van der Waals surface area contributed by atoms with Gasteiger partial charge in [0.25, 0.3) is 5.91 Å². The van der Waals surface area contributed by atoms with Gasteiger partial charge in [-0.25, -0.2) is 4.98 Å². The second-order valence-corrected chi connectivity index (χ2v) is 5.46. The summed E-state index contributed by atoms with van der Waals surface area (Å²) in [5, 5.41) is 2.47. The third-order valence-electron chi connectivity index (χ3n) is 3.61. The largest absolute Gasteiger partial charge is 0.416 e. The zero-order valence-corrected chi connectivity index (χ0v) is 12.9. The molecule has 0 radical (unpaired) electrons. The number of rotatable bonds is 2. The Morgan fingerprint density at radius 1 is 1.20 bits per heavy atom. The summed E-state index contributed by atoms with van der Waals surface area (Å²) in [6, 6.07) is 6.02. The molecule has 0 unspecified atom stereocenters. The average Bonchev–Trinajstić information content (AvgIpc) is 2.56. The van der Waals surface area contributed by atoms with E-state index in [9.17, 15) is 22.8 Å². The Kier molecular flexibility index (Phi) is 4.03. The lowest BCUT2D eigenvalue weighted by Crippen LogP contribution is -2.22. The summed E-state index contributed by atoms with van der Waals surface area (Å²) in [4.78, 5) is 31.2. The van der Waals surface area contributed by atoms with Gasteiger partial charge in [-0.1, -0.05) is 6.07 Å². The molecule has 0 spiro atoms. The molecular formula is C17H12F3N3O2. The fourth-order valence-electron chi connectivity index (χ4n) is 2.29. The Hall–Kier alpha value is -3.16. The first-order valence-corrected chi connectivity index (χ1v) is 7.22. The highest BCUT2D eigenvalue weighted by Crippen LogP contribution is 2.30. The number of carbonyl (C=O) groups excluding carboxylic acids is 1. The standard InChI is InChI=1S/C17H12F3N3O2/c1-9-2-5-14(22-7-9)23-16(25)12-8-21-13-6-10(17(18,19)20)3-4-11(13)15(12)24/h2-8H,1H3,(H,21,24)(H,22,23,25). The molecule has 0 fully saturated rings. The van der Waals surface area contributed by atoms with E-state index in [1.165, 1.54) is 0 Å². The van der Waals surface area contributed by atoms with Crippen molar-refractivity contribution in [1.82, 2.24) is 9.97 Å². The number of anilines is 1. The number of aryl methyl sites for hydroxylation is 1. The van der Waals surface area contributed by atoms with Gasteiger partial charge in [-0.05, 0) is 36.8 Å². The van der Waals surface area contributed by atoms with Gasteiger partial charge in [-0.2, -0.15) is 13.2 Å². The third-order valence-corrected chi connectivity index (χ3v) is 3.61. The smallest absolute Gasteiger partial charge is 0.360 e. The monoisotopic (exact) mass is 347 g/mol. The van der Waals surface area contributed by atoms with Crippen molar-refractivity contribution < 1.29 is 18.0 Å². The van der Waals surface area contributed by atoms with Crippen LogP contribution in [0.3, 0.4) is 0 Å². The lowest BCUT2D eigenvalue weighted by Gasteiger charge is -2.09. The van der Waals surface area contributed by atoms with Crippen LogP contribution in [0.1, 0.15) is 21.5 Å². The molecule has 3 aromatic rings. The number of hydrogen-bond acceptors (Lipinski definition) is 3. The van der Waals surface area contributed by atoms with Crippen molar-refractivity contribution in [1.29, 1.82) is 0 Å². The van der Waals surface area contributed by atoms with Gasteiger partial charge < -0.3 is 10.3 Å². The summed E-state index contributed by atoms with van der Waals surface area (Å²) in [5.41, 5.74) is -0.842. The highest BCUT2D eigenvalue weighted by atomic mass is 19.4. The van der Waals surface area contributed by atoms with Gasteiger partial charge in [0.15, 0.2) is 0 Å². The fourth-order valence-corrected chi connectivity index (χ4v) is 2.29. The van der Waals surface area contributed by atoms with E-state index in [0.717, 1.165) is 30.0 Å². The number of amides is 1. The van der Waals surface area contributed by atoms with E-state index < -0.39 is 23.1 Å². The Morgan fingerprint density at radius 2 is 1.96 bits per heavy atom. The van der Waals surface area contributed by atoms with Gasteiger partial charge >= 0.3 is 6.18 Å². The van der Waals surface area contributed by atoms with Crippen LogP contribution in [0.4, 0.5) is 19.0 Å². The topological polar surface area (TPSA) is 74.8 Å². The number of H-pyrrole nitrogens is 1. The van der Waals surface area contributed by atoms with E-state index >= 15 is 0 Å². The van der Waals surface area contributed by atoms with Crippen molar-refractivity contribution in [3.63, 3.8) is 0 Å². The van der Waals surface area contributed by atoms with Gasteiger partial charge in [-0.15, -0.1) is 0 Å². The van der Waals surface area contributed by atoms with E-state index in [4.69, 9.17) is 0 Å². The number of nitrogens with one attached hydrogen (secondary N) is 2. The number of aromatic amines is 1. The van der Waals surface area contributed by atoms with Crippen molar-refractivity contribution in [2.24, 2.45) is 0 Å². The van der Waals surface area contributed by atoms with Gasteiger partial charge in [0, 0.05) is 23.3 Å². The summed E-state index contributed by atoms with van der Waals surface area (Å²) in [5.74, 6) is -0.429. The summed E-state index contributed by atoms with van der Waals surface area (Å²) < 4.78 is 38.2. The molecule has 5 nitrogen and oxygen atoms in total. The number of hydrogen-bond donors (Lipinski definition) is 2. The molecule has 25 heavy (non-hydrogen) atoms. The molecule has 1 aromatic carbocycles. The predicted octanol–water partition coefficient (Wildman–Crippen LogP) is 3.50. The number of nitrogens with zero attached hydrogens (tertiary/aromatic N) is 1. The highest BCUT2D eigenvalue weighted by molar-refractivity contribution is 6.05. The molecule has 0 aliphatic rings. The number of benzene rings is 1. The third kappa shape index (κ3) is 3.37. The first kappa shape index (κ1) is 16.7. The predicted molar refractivity (Wildman–Crippen MR) is 86.5 cm³/mol. The van der Waals surface area contributed by atoms with Crippen LogP contribution in [0, 0.1) is 6.92 Å². The molecule has 2 N–H and O–H groups in total. The maximum atomic E-state index is 12.7. The second kappa shape index (κ2) is 6.04. The van der Waals surface area contributed by atoms with E-state index in [0.29, 0.717) is 0 Å². The highest BCUT2D eigenvalue weighted by Gasteiger charge is 2.30. The molecular weight excluding hydrogens is 335 g/mol. The molecule has 0 saturated carbocycles. The summed E-state index contributed by atoms with van der Waals surface area (Å²) in [6.45, 7) is 1.84. The first-order valence-electron chi connectivity index (χ1n) is 7.22. The minimum absolute atomic E-state index is 0.00230. The minimum atomic E-state index is -4.52. The summed E-state index contributed by atoms with van der Waals surface area (Å²) in [7, 11) is 0. The van der Waals surface area contributed by atoms with Gasteiger partial charge in [-0.3, -0.25) is 9.59 Å². The Labute approximate surface area is 139 Å². The van der Waals surface area contributed by atoms with Crippen LogP contribution in [0.25, 0.3) is 10.9 Å². The zero-order chi connectivity index (χ0) is 18.2. The van der Waals surface area contributed by atoms with Gasteiger partial charge in [0.1, 0.15) is 11.4 Å². The molecule has 2 heterocycles. The lowest BCUT2D eigenvalue weighted by molar-refractivity contribution is -0.137. The van der Waals surface area contributed by atoms with Crippen LogP contribution in [-0.4, -0.2) is 15.9 Å². The van der Waals surface area contributed by atoms with Crippen LogP contribution in [-0.2, 0) is 6.18 Å². The number of pyridine rings is 2. The maximum absolute atomic E-state index is 12.7. The maximum Gasteiger partial charge on any atom is 0.416 e. The summed E-state index contributed by atoms with van der Waals surface area (Å²) >= 11 is 0. The lowest BCUT2D eigenvalue weighted by atomic mass is 10.1. The van der Waals surface area contributed by atoms with Crippen molar-refractivity contribution >= 4 is 22.6 Å². The van der Waals surface area contributed by atoms with E-state index in [-0.39, 0.29) is 22.3 Å². The number of aromatic nitrogens is 2.